The van der Waals surface area contributed by atoms with Crippen molar-refractivity contribution in [3.05, 3.63) is 34.9 Å². The van der Waals surface area contributed by atoms with Gasteiger partial charge in [0.05, 0.1) is 0 Å². The average Bonchev–Trinajstić information content (AvgIpc) is 2.32. The second-order valence-corrected chi connectivity index (χ2v) is 5.31. The van der Waals surface area contributed by atoms with Crippen LogP contribution in [0.15, 0.2) is 18.2 Å². The molecule has 0 amide bonds. The Kier molecular flexibility index (Phi) is 5.70. The second kappa shape index (κ2) is 6.80. The minimum Gasteiger partial charge on any atom is -0.317 e. The highest BCUT2D eigenvalue weighted by atomic mass is 14.9. The number of nitrogens with one attached hydrogen (secondary N) is 1. The summed E-state index contributed by atoms with van der Waals surface area (Å²) in [5, 5.41) is 3.47. The lowest BCUT2D eigenvalue weighted by Gasteiger charge is -2.21. The van der Waals surface area contributed by atoms with Gasteiger partial charge >= 0.3 is 0 Å². The van der Waals surface area contributed by atoms with E-state index in [9.17, 15) is 0 Å². The maximum atomic E-state index is 3.47. The number of hydrogen-bond acceptors (Lipinski definition) is 1. The van der Waals surface area contributed by atoms with Crippen molar-refractivity contribution in [1.29, 1.82) is 0 Å². The number of likely N-dealkylation sites (N-methyl/N-ethyl adjacent to an activating group) is 1. The van der Waals surface area contributed by atoms with Gasteiger partial charge in [-0.3, -0.25) is 0 Å². The molecule has 1 aromatic rings. The van der Waals surface area contributed by atoms with Crippen LogP contribution in [0.25, 0.3) is 0 Å². The first-order valence-electron chi connectivity index (χ1n) is 6.80. The zero-order chi connectivity index (χ0) is 12.8. The summed E-state index contributed by atoms with van der Waals surface area (Å²) in [6, 6.07) is 7.19. The molecular formula is C16H27N. The van der Waals surface area contributed by atoms with Gasteiger partial charge in [0.15, 0.2) is 0 Å². The van der Waals surface area contributed by atoms with Gasteiger partial charge in [-0.05, 0) is 56.3 Å². The fourth-order valence-electron chi connectivity index (χ4n) is 2.37. The van der Waals surface area contributed by atoms with Crippen molar-refractivity contribution in [1.82, 2.24) is 5.32 Å². The smallest absolute Gasteiger partial charge is 0.0107 e. The maximum Gasteiger partial charge on any atom is 0.0107 e. The molecule has 0 saturated heterocycles. The summed E-state index contributed by atoms with van der Waals surface area (Å²) in [7, 11) is 2.08. The molecule has 0 fully saturated rings. The zero-order valence-corrected chi connectivity index (χ0v) is 12.0. The van der Waals surface area contributed by atoms with Gasteiger partial charge in [-0.25, -0.2) is 0 Å². The summed E-state index contributed by atoms with van der Waals surface area (Å²) in [6.07, 6.45) is 3.69. The molecule has 0 spiro atoms. The number of rotatable bonds is 6. The Labute approximate surface area is 107 Å². The van der Waals surface area contributed by atoms with E-state index in [0.717, 1.165) is 12.3 Å². The Balaban J connectivity index is 2.73. The van der Waals surface area contributed by atoms with Crippen molar-refractivity contribution in [3.8, 4) is 0 Å². The van der Waals surface area contributed by atoms with Crippen LogP contribution < -0.4 is 5.32 Å². The van der Waals surface area contributed by atoms with Gasteiger partial charge in [0.2, 0.25) is 0 Å². The van der Waals surface area contributed by atoms with E-state index in [1.807, 2.05) is 0 Å². The average molecular weight is 233 g/mol. The largest absolute Gasteiger partial charge is 0.317 e. The van der Waals surface area contributed by atoms with Gasteiger partial charge < -0.3 is 5.32 Å². The summed E-state index contributed by atoms with van der Waals surface area (Å²) in [4.78, 5) is 0. The molecule has 0 radical (unpaired) electrons. The Morgan fingerprint density at radius 1 is 1.18 bits per heavy atom. The highest BCUT2D eigenvalue weighted by molar-refractivity contribution is 5.34. The quantitative estimate of drug-likeness (QED) is 0.786. The molecule has 0 aromatic heterocycles. The molecule has 17 heavy (non-hydrogen) atoms. The van der Waals surface area contributed by atoms with E-state index >= 15 is 0 Å². The molecule has 1 rings (SSSR count). The van der Waals surface area contributed by atoms with Crippen molar-refractivity contribution >= 4 is 0 Å². The third-order valence-electron chi connectivity index (χ3n) is 3.89. The van der Waals surface area contributed by atoms with Gasteiger partial charge in [0, 0.05) is 6.04 Å². The molecule has 0 aliphatic carbocycles. The SMILES string of the molecule is CCC(C)CC(Cc1c(C)cccc1C)NC. The maximum absolute atomic E-state index is 3.47. The Bertz CT molecular complexity index is 323. The van der Waals surface area contributed by atoms with Crippen LogP contribution in [-0.2, 0) is 6.42 Å². The monoisotopic (exact) mass is 233 g/mol. The molecule has 1 N–H and O–H groups in total. The van der Waals surface area contributed by atoms with Crippen LogP contribution in [0.3, 0.4) is 0 Å². The standard InChI is InChI=1S/C16H27N/c1-6-12(2)10-15(17-5)11-16-13(3)8-7-9-14(16)4/h7-9,12,15,17H,6,10-11H2,1-5H3. The third-order valence-corrected chi connectivity index (χ3v) is 3.89. The topological polar surface area (TPSA) is 12.0 Å². The molecular weight excluding hydrogens is 206 g/mol. The van der Waals surface area contributed by atoms with E-state index in [1.165, 1.54) is 29.5 Å². The molecule has 0 aliphatic heterocycles. The lowest BCUT2D eigenvalue weighted by Crippen LogP contribution is -2.30. The first kappa shape index (κ1) is 14.2. The highest BCUT2D eigenvalue weighted by Gasteiger charge is 2.13. The molecule has 1 heteroatoms. The Morgan fingerprint density at radius 2 is 1.76 bits per heavy atom. The molecule has 2 atom stereocenters. The van der Waals surface area contributed by atoms with E-state index in [0.29, 0.717) is 6.04 Å². The van der Waals surface area contributed by atoms with Crippen LogP contribution in [0.2, 0.25) is 0 Å². The minimum atomic E-state index is 0.602. The molecule has 0 saturated carbocycles. The van der Waals surface area contributed by atoms with Crippen LogP contribution in [-0.4, -0.2) is 13.1 Å². The summed E-state index contributed by atoms with van der Waals surface area (Å²) in [5.41, 5.74) is 4.37. The molecule has 0 bridgehead atoms. The summed E-state index contributed by atoms with van der Waals surface area (Å²) >= 11 is 0. The van der Waals surface area contributed by atoms with Crippen LogP contribution in [0, 0.1) is 19.8 Å². The summed E-state index contributed by atoms with van der Waals surface area (Å²) < 4.78 is 0. The molecule has 1 nitrogen and oxygen atoms in total. The van der Waals surface area contributed by atoms with E-state index in [1.54, 1.807) is 0 Å². The van der Waals surface area contributed by atoms with Crippen LogP contribution in [0.4, 0.5) is 0 Å². The normalized spacial score (nSPS) is 14.6. The fourth-order valence-corrected chi connectivity index (χ4v) is 2.37. The van der Waals surface area contributed by atoms with E-state index in [4.69, 9.17) is 0 Å². The molecule has 2 unspecified atom stereocenters. The van der Waals surface area contributed by atoms with Gasteiger partial charge in [-0.15, -0.1) is 0 Å². The second-order valence-electron chi connectivity index (χ2n) is 5.31. The van der Waals surface area contributed by atoms with E-state index < -0.39 is 0 Å². The van der Waals surface area contributed by atoms with Gasteiger partial charge in [0.25, 0.3) is 0 Å². The lowest BCUT2D eigenvalue weighted by molar-refractivity contribution is 0.409. The van der Waals surface area contributed by atoms with Crippen molar-refractivity contribution < 1.29 is 0 Å². The van der Waals surface area contributed by atoms with Crippen LogP contribution in [0.5, 0.6) is 0 Å². The Morgan fingerprint density at radius 3 is 2.24 bits per heavy atom. The Hall–Kier alpha value is -0.820. The number of aryl methyl sites for hydroxylation is 2. The van der Waals surface area contributed by atoms with Crippen LogP contribution in [0.1, 0.15) is 43.4 Å². The van der Waals surface area contributed by atoms with Gasteiger partial charge in [-0.2, -0.15) is 0 Å². The predicted molar refractivity (Wildman–Crippen MR) is 76.5 cm³/mol. The fraction of sp³-hybridized carbons (Fsp3) is 0.625. The number of benzene rings is 1. The van der Waals surface area contributed by atoms with Crippen molar-refractivity contribution in [2.24, 2.45) is 5.92 Å². The highest BCUT2D eigenvalue weighted by Crippen LogP contribution is 2.19. The summed E-state index contributed by atoms with van der Waals surface area (Å²) in [6.45, 7) is 9.06. The van der Waals surface area contributed by atoms with Gasteiger partial charge in [-0.1, -0.05) is 38.5 Å². The molecule has 96 valence electrons. The number of hydrogen-bond donors (Lipinski definition) is 1. The van der Waals surface area contributed by atoms with E-state index in [2.05, 4.69) is 58.3 Å². The third kappa shape index (κ3) is 4.16. The van der Waals surface area contributed by atoms with Gasteiger partial charge in [0.1, 0.15) is 0 Å². The first-order valence-corrected chi connectivity index (χ1v) is 6.80. The van der Waals surface area contributed by atoms with Crippen LogP contribution >= 0.6 is 0 Å². The van der Waals surface area contributed by atoms with Crippen molar-refractivity contribution in [2.75, 3.05) is 7.05 Å². The van der Waals surface area contributed by atoms with Crippen molar-refractivity contribution in [2.45, 2.75) is 53.0 Å². The molecule has 0 aliphatic rings. The lowest BCUT2D eigenvalue weighted by atomic mass is 9.91. The summed E-state index contributed by atoms with van der Waals surface area (Å²) in [5.74, 6) is 0.803. The molecule has 0 heterocycles. The minimum absolute atomic E-state index is 0.602. The first-order chi connectivity index (χ1) is 8.08. The van der Waals surface area contributed by atoms with Crippen molar-refractivity contribution in [3.63, 3.8) is 0 Å². The van der Waals surface area contributed by atoms with E-state index in [-0.39, 0.29) is 0 Å². The zero-order valence-electron chi connectivity index (χ0n) is 12.0. The predicted octanol–water partition coefficient (Wildman–Crippen LogP) is 3.87. The molecule has 1 aromatic carbocycles.